The lowest BCUT2D eigenvalue weighted by Crippen LogP contribution is -2.54. The summed E-state index contributed by atoms with van der Waals surface area (Å²) in [6.45, 7) is 8.27. The van der Waals surface area contributed by atoms with Gasteiger partial charge >= 0.3 is 0 Å². The molecule has 2 aromatic carbocycles. The number of anilines is 2. The Morgan fingerprint density at radius 3 is 2.43 bits per heavy atom. The molecular formula is C48H52N12O7. The highest BCUT2D eigenvalue weighted by Crippen LogP contribution is 2.35. The van der Waals surface area contributed by atoms with E-state index in [1.165, 1.54) is 17.8 Å². The minimum absolute atomic E-state index is 0.0415. The van der Waals surface area contributed by atoms with Gasteiger partial charge in [0.2, 0.25) is 11.8 Å². The molecular weight excluding hydrogens is 857 g/mol. The van der Waals surface area contributed by atoms with Gasteiger partial charge in [0.1, 0.15) is 29.3 Å². The summed E-state index contributed by atoms with van der Waals surface area (Å²) in [5, 5.41) is 8.78. The molecule has 19 nitrogen and oxygen atoms in total. The number of benzene rings is 2. The second-order valence-corrected chi connectivity index (χ2v) is 18.1. The number of ether oxygens (including phenoxy) is 1. The smallest absolute Gasteiger partial charge is 0.270 e. The molecule has 0 unspecified atom stereocenters. The van der Waals surface area contributed by atoms with Crippen LogP contribution in [0.15, 0.2) is 73.3 Å². The van der Waals surface area contributed by atoms with E-state index < -0.39 is 29.7 Å². The van der Waals surface area contributed by atoms with Crippen LogP contribution >= 0.6 is 0 Å². The second-order valence-electron chi connectivity index (χ2n) is 18.1. The summed E-state index contributed by atoms with van der Waals surface area (Å²) in [6, 6.07) is 17.7. The number of piperazine rings is 1. The predicted molar refractivity (Wildman–Crippen MR) is 244 cm³/mol. The average Bonchev–Trinajstić information content (AvgIpc) is 3.86. The molecule has 4 fully saturated rings. The van der Waals surface area contributed by atoms with Crippen molar-refractivity contribution in [2.75, 3.05) is 62.6 Å². The molecule has 4 aliphatic heterocycles. The van der Waals surface area contributed by atoms with Gasteiger partial charge in [0.05, 0.1) is 17.5 Å². The molecule has 5 aliphatic rings. The Balaban J connectivity index is 0.648. The number of imide groups is 2. The molecule has 0 bridgehead atoms. The maximum atomic E-state index is 13.2. The van der Waals surface area contributed by atoms with Gasteiger partial charge in [0.25, 0.3) is 23.6 Å². The Hall–Kier alpha value is -7.28. The minimum atomic E-state index is -1.05. The molecule has 3 N–H and O–H groups in total. The van der Waals surface area contributed by atoms with Crippen molar-refractivity contribution < 1.29 is 33.5 Å². The third-order valence-corrected chi connectivity index (χ3v) is 13.7. The zero-order valence-electron chi connectivity index (χ0n) is 37.2. The number of fused-ring (bicyclic) bond motifs is 2. The molecule has 346 valence electrons. The molecule has 7 heterocycles. The van der Waals surface area contributed by atoms with Crippen molar-refractivity contribution >= 4 is 58.1 Å². The van der Waals surface area contributed by atoms with E-state index in [0.29, 0.717) is 42.6 Å². The average molecular weight is 909 g/mol. The molecule has 67 heavy (non-hydrogen) atoms. The Kier molecular flexibility index (Phi) is 12.1. The van der Waals surface area contributed by atoms with E-state index in [2.05, 4.69) is 74.5 Å². The molecule has 3 saturated heterocycles. The first-order chi connectivity index (χ1) is 32.5. The number of amides is 6. The highest BCUT2D eigenvalue weighted by molar-refractivity contribution is 6.23. The summed E-state index contributed by atoms with van der Waals surface area (Å²) in [5.41, 5.74) is 5.30. The first-order valence-corrected chi connectivity index (χ1v) is 23.0. The number of piperidine rings is 2. The highest BCUT2D eigenvalue weighted by atomic mass is 16.5. The lowest BCUT2D eigenvalue weighted by Gasteiger charge is -2.39. The molecule has 6 amide bonds. The van der Waals surface area contributed by atoms with E-state index in [-0.39, 0.29) is 60.2 Å². The lowest BCUT2D eigenvalue weighted by molar-refractivity contribution is -0.136. The number of carbonyl (C=O) groups is 6. The third-order valence-electron chi connectivity index (χ3n) is 13.7. The summed E-state index contributed by atoms with van der Waals surface area (Å²) in [5.74, 6) is -1.17. The fourth-order valence-electron chi connectivity index (χ4n) is 9.85. The van der Waals surface area contributed by atoms with Gasteiger partial charge in [-0.2, -0.15) is 0 Å². The van der Waals surface area contributed by atoms with Crippen LogP contribution in [0.25, 0.3) is 11.2 Å². The van der Waals surface area contributed by atoms with Crippen LogP contribution in [0.4, 0.5) is 11.5 Å². The van der Waals surface area contributed by atoms with Gasteiger partial charge in [0, 0.05) is 82.2 Å². The van der Waals surface area contributed by atoms with E-state index >= 15 is 0 Å². The molecule has 5 aromatic rings. The molecule has 1 atom stereocenters. The van der Waals surface area contributed by atoms with Crippen LogP contribution in [-0.4, -0.2) is 139 Å². The van der Waals surface area contributed by atoms with Crippen LogP contribution in [0.1, 0.15) is 87.0 Å². The Labute approximate surface area is 386 Å². The number of rotatable bonds is 13. The Morgan fingerprint density at radius 1 is 0.851 bits per heavy atom. The van der Waals surface area contributed by atoms with Crippen LogP contribution in [0.5, 0.6) is 5.75 Å². The van der Waals surface area contributed by atoms with Gasteiger partial charge in [0.15, 0.2) is 18.1 Å². The number of hydrogen-bond donors (Lipinski definition) is 3. The summed E-state index contributed by atoms with van der Waals surface area (Å²) in [4.78, 5) is 102. The van der Waals surface area contributed by atoms with Gasteiger partial charge in [-0.15, -0.1) is 0 Å². The maximum Gasteiger partial charge on any atom is 0.270 e. The van der Waals surface area contributed by atoms with Gasteiger partial charge < -0.3 is 29.7 Å². The van der Waals surface area contributed by atoms with Crippen LogP contribution in [0, 0.1) is 12.8 Å². The van der Waals surface area contributed by atoms with E-state index in [1.54, 1.807) is 18.5 Å². The summed E-state index contributed by atoms with van der Waals surface area (Å²) < 4.78 is 7.88. The standard InChI is InChI=1S/C48H52N12O7/c1-29-4-2-7-38(53-29)45(63)54-32-21-34(22-32)59-28-52-42-43(50-27-51-44(42)59)49-24-31-5-3-6-33(20-31)57-18-16-56(17-19-57)25-30-12-14-58(15-13-30)41(62)26-67-35-8-9-36-37(23-35)48(66)60(47(36)65)39-10-11-40(61)55-46(39)64/h2-9,20,23,27-28,30,32,34,39H,10-19,21-22,24-26H2,1H3,(H,54,63)(H,49,50,51)(H,55,61,64)/t32?,34?,39-/m0/s1. The summed E-state index contributed by atoms with van der Waals surface area (Å²) in [7, 11) is 0. The van der Waals surface area contributed by atoms with E-state index in [1.807, 2.05) is 30.3 Å². The number of aryl methyl sites for hydroxylation is 1. The number of nitrogens with one attached hydrogen (secondary N) is 3. The van der Waals surface area contributed by atoms with Crippen molar-refractivity contribution in [2.24, 2.45) is 5.92 Å². The zero-order valence-corrected chi connectivity index (χ0v) is 37.2. The zero-order chi connectivity index (χ0) is 46.2. The number of nitrogens with zero attached hydrogens (tertiary/aromatic N) is 9. The number of hydrogen-bond acceptors (Lipinski definition) is 14. The van der Waals surface area contributed by atoms with Gasteiger partial charge in [-0.3, -0.25) is 43.9 Å². The van der Waals surface area contributed by atoms with E-state index in [4.69, 9.17) is 4.74 Å². The molecule has 19 heteroatoms. The van der Waals surface area contributed by atoms with Crippen LogP contribution in [0.2, 0.25) is 0 Å². The van der Waals surface area contributed by atoms with Gasteiger partial charge in [-0.25, -0.2) is 19.9 Å². The van der Waals surface area contributed by atoms with Crippen molar-refractivity contribution in [3.8, 4) is 5.75 Å². The first-order valence-electron chi connectivity index (χ1n) is 23.0. The monoisotopic (exact) mass is 908 g/mol. The van der Waals surface area contributed by atoms with Crippen LogP contribution < -0.4 is 25.6 Å². The molecule has 1 saturated carbocycles. The number of carbonyl (C=O) groups excluding carboxylic acids is 6. The summed E-state index contributed by atoms with van der Waals surface area (Å²) >= 11 is 0. The van der Waals surface area contributed by atoms with Crippen molar-refractivity contribution in [3.05, 3.63) is 101 Å². The Morgan fingerprint density at radius 2 is 1.64 bits per heavy atom. The number of pyridine rings is 1. The highest BCUT2D eigenvalue weighted by Gasteiger charge is 2.45. The minimum Gasteiger partial charge on any atom is -0.484 e. The van der Waals surface area contributed by atoms with Gasteiger partial charge in [-0.1, -0.05) is 18.2 Å². The molecule has 0 radical (unpaired) electrons. The summed E-state index contributed by atoms with van der Waals surface area (Å²) in [6.07, 6.45) is 6.87. The third kappa shape index (κ3) is 9.15. The van der Waals surface area contributed by atoms with E-state index in [9.17, 15) is 28.8 Å². The number of likely N-dealkylation sites (tertiary alicyclic amines) is 1. The van der Waals surface area contributed by atoms with Crippen LogP contribution in [0.3, 0.4) is 0 Å². The molecule has 3 aromatic heterocycles. The molecule has 1 aliphatic carbocycles. The topological polar surface area (TPSA) is 217 Å². The van der Waals surface area contributed by atoms with Crippen molar-refractivity contribution in [1.82, 2.24) is 49.8 Å². The van der Waals surface area contributed by atoms with E-state index in [0.717, 1.165) is 80.2 Å². The fraction of sp³-hybridized carbons (Fsp3) is 0.417. The van der Waals surface area contributed by atoms with Crippen LogP contribution in [-0.2, 0) is 20.9 Å². The lowest BCUT2D eigenvalue weighted by atomic mass is 9.86. The molecule has 10 rings (SSSR count). The largest absolute Gasteiger partial charge is 0.484 e. The van der Waals surface area contributed by atoms with Crippen molar-refractivity contribution in [2.45, 2.75) is 70.1 Å². The van der Waals surface area contributed by atoms with Gasteiger partial charge in [-0.05, 0) is 93.0 Å². The second kappa shape index (κ2) is 18.5. The molecule has 0 spiro atoms. The normalized spacial score (nSPS) is 21.3. The maximum absolute atomic E-state index is 13.2. The first kappa shape index (κ1) is 43.6. The fourth-order valence-corrected chi connectivity index (χ4v) is 9.85. The Bertz CT molecular complexity index is 2760. The number of aromatic nitrogens is 5. The van der Waals surface area contributed by atoms with Crippen molar-refractivity contribution in [3.63, 3.8) is 0 Å². The van der Waals surface area contributed by atoms with Crippen molar-refractivity contribution in [1.29, 1.82) is 0 Å². The quantitative estimate of drug-likeness (QED) is 0.145. The SMILES string of the molecule is Cc1cccc(C(=O)NC2CC(n3cnc4c(NCc5cccc(N6CCN(CC7CCN(C(=O)COc8ccc9c(c8)C(=O)N([C@H]8CCC(=O)NC8=O)C9=O)CC7)CC6)c5)ncnc43)C2)n1. The predicted octanol–water partition coefficient (Wildman–Crippen LogP) is 3.12. The number of imidazole rings is 1.